The molecule has 20 heavy (non-hydrogen) atoms. The van der Waals surface area contributed by atoms with E-state index >= 15 is 0 Å². The summed E-state index contributed by atoms with van der Waals surface area (Å²) in [5, 5.41) is 3.28. The maximum atomic E-state index is 14.6. The van der Waals surface area contributed by atoms with Crippen molar-refractivity contribution >= 4 is 5.82 Å². The van der Waals surface area contributed by atoms with Gasteiger partial charge in [-0.3, -0.25) is 0 Å². The van der Waals surface area contributed by atoms with Crippen LogP contribution in [0.3, 0.4) is 0 Å². The third-order valence-corrected chi connectivity index (χ3v) is 3.18. The first kappa shape index (κ1) is 16.9. The molecule has 0 fully saturated rings. The highest BCUT2D eigenvalue weighted by Crippen LogP contribution is 2.21. The number of aromatic nitrogens is 1. The number of anilines is 1. The van der Waals surface area contributed by atoms with Gasteiger partial charge in [-0.1, -0.05) is 20.8 Å². The van der Waals surface area contributed by atoms with Crippen molar-refractivity contribution in [3.05, 3.63) is 23.6 Å². The van der Waals surface area contributed by atoms with Gasteiger partial charge in [0, 0.05) is 30.9 Å². The van der Waals surface area contributed by atoms with Gasteiger partial charge in [-0.15, -0.1) is 0 Å². The summed E-state index contributed by atoms with van der Waals surface area (Å²) >= 11 is 0. The largest absolute Gasteiger partial charge is 0.352 e. The Morgan fingerprint density at radius 2 is 2.00 bits per heavy atom. The van der Waals surface area contributed by atoms with Crippen LogP contribution in [0, 0.1) is 11.7 Å². The van der Waals surface area contributed by atoms with Gasteiger partial charge in [0.05, 0.1) is 0 Å². The topological polar surface area (TPSA) is 28.2 Å². The highest BCUT2D eigenvalue weighted by Gasteiger charge is 2.17. The van der Waals surface area contributed by atoms with E-state index in [1.54, 1.807) is 12.3 Å². The van der Waals surface area contributed by atoms with E-state index in [4.69, 9.17) is 0 Å². The predicted molar refractivity (Wildman–Crippen MR) is 83.5 cm³/mol. The van der Waals surface area contributed by atoms with Crippen LogP contribution in [-0.2, 0) is 6.54 Å². The summed E-state index contributed by atoms with van der Waals surface area (Å²) in [6, 6.07) is 2.01. The van der Waals surface area contributed by atoms with Crippen molar-refractivity contribution in [2.75, 3.05) is 18.0 Å². The van der Waals surface area contributed by atoms with Crippen molar-refractivity contribution in [1.82, 2.24) is 10.3 Å². The number of hydrogen-bond acceptors (Lipinski definition) is 3. The molecular formula is C16H28FN3. The first-order chi connectivity index (χ1) is 9.47. The molecule has 0 aliphatic carbocycles. The van der Waals surface area contributed by atoms with Gasteiger partial charge in [-0.25, -0.2) is 9.37 Å². The van der Waals surface area contributed by atoms with Crippen LogP contribution >= 0.6 is 0 Å². The number of pyridine rings is 1. The van der Waals surface area contributed by atoms with Crippen LogP contribution < -0.4 is 10.2 Å². The Balaban J connectivity index is 2.87. The number of rotatable bonds is 8. The molecule has 1 aromatic heterocycles. The van der Waals surface area contributed by atoms with Gasteiger partial charge in [0.15, 0.2) is 11.6 Å². The highest BCUT2D eigenvalue weighted by molar-refractivity contribution is 5.43. The SMILES string of the molecule is CCCN(c1nccc(CNCC(C)C)c1F)C(C)C. The summed E-state index contributed by atoms with van der Waals surface area (Å²) in [5.74, 6) is 0.850. The molecule has 0 unspecified atom stereocenters. The van der Waals surface area contributed by atoms with Crippen LogP contribution in [-0.4, -0.2) is 24.1 Å². The molecule has 1 aromatic rings. The molecule has 0 amide bonds. The van der Waals surface area contributed by atoms with Gasteiger partial charge < -0.3 is 10.2 Å². The molecule has 4 heteroatoms. The van der Waals surface area contributed by atoms with Gasteiger partial charge in [0.1, 0.15) is 0 Å². The minimum atomic E-state index is -0.189. The Morgan fingerprint density at radius 3 is 2.55 bits per heavy atom. The Labute approximate surface area is 122 Å². The molecule has 0 atom stereocenters. The first-order valence-corrected chi connectivity index (χ1v) is 7.58. The van der Waals surface area contributed by atoms with E-state index in [1.165, 1.54) is 0 Å². The lowest BCUT2D eigenvalue weighted by Crippen LogP contribution is -2.33. The minimum Gasteiger partial charge on any atom is -0.352 e. The zero-order valence-corrected chi connectivity index (χ0v) is 13.4. The molecule has 0 radical (unpaired) electrons. The number of hydrogen-bond donors (Lipinski definition) is 1. The molecule has 0 aliphatic heterocycles. The average Bonchev–Trinajstić information content (AvgIpc) is 2.38. The Kier molecular flexibility index (Phi) is 6.93. The molecule has 0 saturated carbocycles. The Morgan fingerprint density at radius 1 is 1.30 bits per heavy atom. The molecule has 0 saturated heterocycles. The van der Waals surface area contributed by atoms with E-state index in [0.717, 1.165) is 19.5 Å². The second-order valence-electron chi connectivity index (χ2n) is 5.92. The van der Waals surface area contributed by atoms with Crippen LogP contribution in [0.5, 0.6) is 0 Å². The number of nitrogens with zero attached hydrogens (tertiary/aromatic N) is 2. The molecule has 114 valence electrons. The fourth-order valence-electron chi connectivity index (χ4n) is 2.15. The molecule has 0 aliphatic rings. The number of nitrogens with one attached hydrogen (secondary N) is 1. The summed E-state index contributed by atoms with van der Waals surface area (Å²) in [7, 11) is 0. The van der Waals surface area contributed by atoms with Gasteiger partial charge in [0.25, 0.3) is 0 Å². The first-order valence-electron chi connectivity index (χ1n) is 7.58. The number of halogens is 1. The molecule has 0 bridgehead atoms. The minimum absolute atomic E-state index is 0.189. The van der Waals surface area contributed by atoms with E-state index < -0.39 is 0 Å². The average molecular weight is 281 g/mol. The predicted octanol–water partition coefficient (Wildman–Crippen LogP) is 3.59. The highest BCUT2D eigenvalue weighted by atomic mass is 19.1. The Hall–Kier alpha value is -1.16. The molecule has 0 aromatic carbocycles. The van der Waals surface area contributed by atoms with Crippen molar-refractivity contribution in [1.29, 1.82) is 0 Å². The van der Waals surface area contributed by atoms with Crippen molar-refractivity contribution in [2.45, 2.75) is 53.6 Å². The second-order valence-corrected chi connectivity index (χ2v) is 5.92. The summed E-state index contributed by atoms with van der Waals surface area (Å²) in [6.07, 6.45) is 2.69. The van der Waals surface area contributed by atoms with Gasteiger partial charge in [-0.2, -0.15) is 0 Å². The van der Waals surface area contributed by atoms with Gasteiger partial charge >= 0.3 is 0 Å². The third-order valence-electron chi connectivity index (χ3n) is 3.18. The lowest BCUT2D eigenvalue weighted by atomic mass is 10.2. The lowest BCUT2D eigenvalue weighted by molar-refractivity contribution is 0.528. The quantitative estimate of drug-likeness (QED) is 0.789. The van der Waals surface area contributed by atoms with Crippen LogP contribution in [0.2, 0.25) is 0 Å². The van der Waals surface area contributed by atoms with Gasteiger partial charge in [0.2, 0.25) is 0 Å². The van der Waals surface area contributed by atoms with Crippen molar-refractivity contribution in [3.8, 4) is 0 Å². The maximum absolute atomic E-state index is 14.6. The smallest absolute Gasteiger partial charge is 0.170 e. The summed E-state index contributed by atoms with van der Waals surface area (Å²) in [4.78, 5) is 6.27. The van der Waals surface area contributed by atoms with Crippen LogP contribution in [0.1, 0.15) is 46.6 Å². The third kappa shape index (κ3) is 4.75. The van der Waals surface area contributed by atoms with Crippen molar-refractivity contribution in [2.24, 2.45) is 5.92 Å². The summed E-state index contributed by atoms with van der Waals surface area (Å²) < 4.78 is 14.6. The van der Waals surface area contributed by atoms with Crippen LogP contribution in [0.15, 0.2) is 12.3 Å². The summed E-state index contributed by atoms with van der Waals surface area (Å²) in [6.45, 7) is 12.8. The van der Waals surface area contributed by atoms with Crippen LogP contribution in [0.4, 0.5) is 10.2 Å². The van der Waals surface area contributed by atoms with E-state index in [1.807, 2.05) is 4.90 Å². The monoisotopic (exact) mass is 281 g/mol. The lowest BCUT2D eigenvalue weighted by Gasteiger charge is -2.28. The molecule has 1 N–H and O–H groups in total. The van der Waals surface area contributed by atoms with E-state index in [2.05, 4.69) is 44.9 Å². The molecule has 1 rings (SSSR count). The molecule has 0 spiro atoms. The zero-order valence-electron chi connectivity index (χ0n) is 13.4. The molecular weight excluding hydrogens is 253 g/mol. The van der Waals surface area contributed by atoms with Gasteiger partial charge in [-0.05, 0) is 38.8 Å². The fraction of sp³-hybridized carbons (Fsp3) is 0.688. The fourth-order valence-corrected chi connectivity index (χ4v) is 2.15. The normalized spacial score (nSPS) is 11.4. The van der Waals surface area contributed by atoms with E-state index in [-0.39, 0.29) is 11.9 Å². The molecule has 1 heterocycles. The second kappa shape index (κ2) is 8.20. The zero-order chi connectivity index (χ0) is 15.1. The van der Waals surface area contributed by atoms with Crippen molar-refractivity contribution in [3.63, 3.8) is 0 Å². The van der Waals surface area contributed by atoms with E-state index in [0.29, 0.717) is 23.8 Å². The molecule has 3 nitrogen and oxygen atoms in total. The maximum Gasteiger partial charge on any atom is 0.170 e. The van der Waals surface area contributed by atoms with Crippen LogP contribution in [0.25, 0.3) is 0 Å². The van der Waals surface area contributed by atoms with Crippen molar-refractivity contribution < 1.29 is 4.39 Å². The standard InChI is InChI=1S/C16H28FN3/c1-6-9-20(13(4)5)16-15(17)14(7-8-19-16)11-18-10-12(2)3/h7-8,12-13,18H,6,9-11H2,1-5H3. The summed E-state index contributed by atoms with van der Waals surface area (Å²) in [5.41, 5.74) is 0.692. The Bertz CT molecular complexity index is 405. The van der Waals surface area contributed by atoms with E-state index in [9.17, 15) is 4.39 Å².